The highest BCUT2D eigenvalue weighted by molar-refractivity contribution is 8.16. The predicted octanol–water partition coefficient (Wildman–Crippen LogP) is 3.16. The van der Waals surface area contributed by atoms with Gasteiger partial charge in [-0.1, -0.05) is 0 Å². The lowest BCUT2D eigenvalue weighted by atomic mass is 10.2. The highest BCUT2D eigenvalue weighted by atomic mass is 32.2. The summed E-state index contributed by atoms with van der Waals surface area (Å²) in [5.41, 5.74) is 0.930. The van der Waals surface area contributed by atoms with Crippen LogP contribution in [0, 0.1) is 5.82 Å². The Bertz CT molecular complexity index is 808. The van der Waals surface area contributed by atoms with Gasteiger partial charge in [0.05, 0.1) is 11.3 Å². The second kappa shape index (κ2) is 6.32. The molecule has 1 atom stereocenters. The average Bonchev–Trinajstić information content (AvgIpc) is 2.83. The molecule has 0 radical (unpaired) electrons. The van der Waals surface area contributed by atoms with Crippen LogP contribution in [-0.2, 0) is 4.79 Å². The summed E-state index contributed by atoms with van der Waals surface area (Å²) < 4.78 is 13.0. The molecule has 2 amide bonds. The van der Waals surface area contributed by atoms with E-state index in [4.69, 9.17) is 5.11 Å². The highest BCUT2D eigenvalue weighted by Gasteiger charge is 2.40. The smallest absolute Gasteiger partial charge is 0.335 e. The number of rotatable bonds is 4. The Morgan fingerprint density at radius 1 is 1.08 bits per heavy atom. The van der Waals surface area contributed by atoms with Crippen LogP contribution in [0.2, 0.25) is 0 Å². The molecule has 0 unspecified atom stereocenters. The summed E-state index contributed by atoms with van der Waals surface area (Å²) in [6, 6.07) is 10.9. The maximum atomic E-state index is 13.0. The molecular weight excluding hydrogens is 335 g/mol. The molecule has 0 saturated carbocycles. The van der Waals surface area contributed by atoms with E-state index in [9.17, 15) is 18.8 Å². The van der Waals surface area contributed by atoms with Gasteiger partial charge in [0.2, 0.25) is 0 Å². The molecular formula is C16H11FN2O4S. The number of hydrogen-bond donors (Lipinski definition) is 2. The number of amides is 2. The van der Waals surface area contributed by atoms with Crippen LogP contribution < -0.4 is 10.2 Å². The first-order valence-corrected chi connectivity index (χ1v) is 7.74. The monoisotopic (exact) mass is 346 g/mol. The van der Waals surface area contributed by atoms with Crippen molar-refractivity contribution in [2.24, 2.45) is 0 Å². The van der Waals surface area contributed by atoms with E-state index in [0.29, 0.717) is 11.4 Å². The summed E-state index contributed by atoms with van der Waals surface area (Å²) in [5, 5.41) is 10.4. The Labute approximate surface area is 140 Å². The lowest BCUT2D eigenvalue weighted by Crippen LogP contribution is -2.34. The zero-order chi connectivity index (χ0) is 17.3. The van der Waals surface area contributed by atoms with Crippen LogP contribution in [-0.4, -0.2) is 27.6 Å². The van der Waals surface area contributed by atoms with Crippen molar-refractivity contribution in [3.63, 3.8) is 0 Å². The number of nitrogens with zero attached hydrogens (tertiary/aromatic N) is 1. The quantitative estimate of drug-likeness (QED) is 0.884. The first-order chi connectivity index (χ1) is 11.5. The lowest BCUT2D eigenvalue weighted by Gasteiger charge is -2.15. The van der Waals surface area contributed by atoms with Crippen LogP contribution >= 0.6 is 11.8 Å². The minimum atomic E-state index is -1.05. The van der Waals surface area contributed by atoms with Gasteiger partial charge in [0.15, 0.2) is 5.37 Å². The first kappa shape index (κ1) is 16.0. The molecule has 0 aromatic heterocycles. The van der Waals surface area contributed by atoms with E-state index in [0.717, 1.165) is 16.7 Å². The summed E-state index contributed by atoms with van der Waals surface area (Å²) in [6.45, 7) is 0. The van der Waals surface area contributed by atoms with Gasteiger partial charge in [-0.15, -0.1) is 0 Å². The van der Waals surface area contributed by atoms with Crippen LogP contribution in [0.3, 0.4) is 0 Å². The van der Waals surface area contributed by atoms with Crippen LogP contribution in [0.5, 0.6) is 0 Å². The number of aromatic carboxylic acids is 1. The number of anilines is 2. The highest BCUT2D eigenvalue weighted by Crippen LogP contribution is 2.32. The molecule has 8 heteroatoms. The Morgan fingerprint density at radius 2 is 1.71 bits per heavy atom. The van der Waals surface area contributed by atoms with Crippen LogP contribution in [0.15, 0.2) is 48.5 Å². The third-order valence-corrected chi connectivity index (χ3v) is 4.30. The SMILES string of the molecule is O=C(O)c1ccc(N[C@H]2SC(=O)N(c3ccc(F)cc3)C2=O)cc1. The second-order valence-electron chi connectivity index (χ2n) is 4.94. The van der Waals surface area contributed by atoms with Crippen molar-refractivity contribution in [1.29, 1.82) is 0 Å². The Balaban J connectivity index is 1.76. The normalized spacial score (nSPS) is 17.2. The van der Waals surface area contributed by atoms with Gasteiger partial charge in [0.1, 0.15) is 5.82 Å². The lowest BCUT2D eigenvalue weighted by molar-refractivity contribution is -0.116. The molecule has 1 aliphatic rings. The summed E-state index contributed by atoms with van der Waals surface area (Å²) in [5.74, 6) is -1.98. The van der Waals surface area contributed by atoms with Crippen molar-refractivity contribution in [3.8, 4) is 0 Å². The molecule has 2 aromatic rings. The fraction of sp³-hybridized carbons (Fsp3) is 0.0625. The van der Waals surface area contributed by atoms with Gasteiger partial charge in [0, 0.05) is 5.69 Å². The molecule has 6 nitrogen and oxygen atoms in total. The van der Waals surface area contributed by atoms with Gasteiger partial charge in [-0.3, -0.25) is 9.59 Å². The van der Waals surface area contributed by atoms with Gasteiger partial charge in [-0.2, -0.15) is 0 Å². The molecule has 24 heavy (non-hydrogen) atoms. The summed E-state index contributed by atoms with van der Waals surface area (Å²) in [6.07, 6.45) is 0. The van der Waals surface area contributed by atoms with Gasteiger partial charge in [0.25, 0.3) is 11.1 Å². The van der Waals surface area contributed by atoms with Crippen molar-refractivity contribution in [2.75, 3.05) is 10.2 Å². The average molecular weight is 346 g/mol. The number of halogens is 1. The van der Waals surface area contributed by atoms with E-state index < -0.39 is 28.3 Å². The van der Waals surface area contributed by atoms with E-state index >= 15 is 0 Å². The maximum absolute atomic E-state index is 13.0. The van der Waals surface area contributed by atoms with Gasteiger partial charge in [-0.05, 0) is 60.3 Å². The van der Waals surface area contributed by atoms with Crippen molar-refractivity contribution in [1.82, 2.24) is 0 Å². The van der Waals surface area contributed by atoms with Gasteiger partial charge in [-0.25, -0.2) is 14.1 Å². The largest absolute Gasteiger partial charge is 0.478 e. The number of benzene rings is 2. The number of thioether (sulfide) groups is 1. The zero-order valence-electron chi connectivity index (χ0n) is 12.1. The van der Waals surface area contributed by atoms with E-state index in [-0.39, 0.29) is 5.56 Å². The molecule has 1 aliphatic heterocycles. The molecule has 0 aliphatic carbocycles. The Hall–Kier alpha value is -2.87. The van der Waals surface area contributed by atoms with E-state index in [2.05, 4.69) is 5.32 Å². The Kier molecular flexibility index (Phi) is 4.22. The Morgan fingerprint density at radius 3 is 2.29 bits per heavy atom. The zero-order valence-corrected chi connectivity index (χ0v) is 12.9. The second-order valence-corrected chi connectivity index (χ2v) is 6.00. The maximum Gasteiger partial charge on any atom is 0.335 e. The minimum absolute atomic E-state index is 0.120. The minimum Gasteiger partial charge on any atom is -0.478 e. The van der Waals surface area contributed by atoms with Crippen LogP contribution in [0.4, 0.5) is 20.6 Å². The number of carboxylic acid groups (broad SMARTS) is 1. The fourth-order valence-electron chi connectivity index (χ4n) is 2.19. The van der Waals surface area contributed by atoms with E-state index in [1.807, 2.05) is 0 Å². The number of carbonyl (C=O) groups excluding carboxylic acids is 2. The third kappa shape index (κ3) is 3.09. The molecule has 122 valence electrons. The fourth-order valence-corrected chi connectivity index (χ4v) is 3.09. The number of hydrogen-bond acceptors (Lipinski definition) is 5. The number of nitrogens with one attached hydrogen (secondary N) is 1. The van der Waals surface area contributed by atoms with Gasteiger partial charge >= 0.3 is 5.97 Å². The van der Waals surface area contributed by atoms with E-state index in [1.165, 1.54) is 48.5 Å². The van der Waals surface area contributed by atoms with Gasteiger partial charge < -0.3 is 10.4 Å². The molecule has 2 aromatic carbocycles. The molecule has 1 heterocycles. The van der Waals surface area contributed by atoms with Crippen molar-refractivity contribution in [2.45, 2.75) is 5.37 Å². The molecule has 1 saturated heterocycles. The number of imide groups is 1. The predicted molar refractivity (Wildman–Crippen MR) is 87.7 cm³/mol. The number of carbonyl (C=O) groups is 3. The van der Waals surface area contributed by atoms with E-state index in [1.54, 1.807) is 0 Å². The summed E-state index contributed by atoms with van der Waals surface area (Å²) >= 11 is 0.802. The standard InChI is InChI=1S/C16H11FN2O4S/c17-10-3-7-12(8-4-10)19-14(20)13(24-16(19)23)18-11-5-1-9(2-6-11)15(21)22/h1-8,13,18H,(H,21,22)/t13-/m0/s1. The topological polar surface area (TPSA) is 86.7 Å². The summed E-state index contributed by atoms with van der Waals surface area (Å²) in [7, 11) is 0. The molecule has 0 bridgehead atoms. The molecule has 3 rings (SSSR count). The van der Waals surface area contributed by atoms with Crippen molar-refractivity contribution >= 4 is 40.3 Å². The van der Waals surface area contributed by atoms with Crippen LogP contribution in [0.1, 0.15) is 10.4 Å². The number of carboxylic acids is 1. The summed E-state index contributed by atoms with van der Waals surface area (Å²) in [4.78, 5) is 36.3. The van der Waals surface area contributed by atoms with Crippen molar-refractivity contribution < 1.29 is 23.9 Å². The first-order valence-electron chi connectivity index (χ1n) is 6.86. The molecule has 0 spiro atoms. The van der Waals surface area contributed by atoms with Crippen molar-refractivity contribution in [3.05, 3.63) is 59.9 Å². The molecule has 1 fully saturated rings. The van der Waals surface area contributed by atoms with Crippen LogP contribution in [0.25, 0.3) is 0 Å². The third-order valence-electron chi connectivity index (χ3n) is 3.36. The molecule has 2 N–H and O–H groups in total.